The lowest BCUT2D eigenvalue weighted by Gasteiger charge is -2.31. The lowest BCUT2D eigenvalue weighted by molar-refractivity contribution is -0.274. The number of carbonyl (C=O) groups excluding carboxylic acids is 1. The summed E-state index contributed by atoms with van der Waals surface area (Å²) in [6.07, 6.45) is -4.13. The fourth-order valence-electron chi connectivity index (χ4n) is 3.79. The number of hydrogen-bond donors (Lipinski definition) is 0. The van der Waals surface area contributed by atoms with Crippen LogP contribution >= 0.6 is 0 Å². The topological polar surface area (TPSA) is 73.8 Å². The standard InChI is InChI=1S/C23H27F4N3O4/c1-13(16-7-6-15(11-17(16)24)34-23(25,26)27)10-19-28-9-8-20(29-19)30-18(12-32-21(30)31)14(2)33-22(3,4)5/h6-9,11,13-14,18H,10,12H2,1-5H3/t13-,14-,18-/m1/s1. The third-order valence-electron chi connectivity index (χ3n) is 5.15. The van der Waals surface area contributed by atoms with Gasteiger partial charge in [0.15, 0.2) is 0 Å². The van der Waals surface area contributed by atoms with Crippen LogP contribution in [-0.2, 0) is 15.9 Å². The maximum absolute atomic E-state index is 14.5. The third kappa shape index (κ3) is 6.55. The molecule has 0 radical (unpaired) electrons. The van der Waals surface area contributed by atoms with Crippen molar-refractivity contribution in [2.75, 3.05) is 11.5 Å². The monoisotopic (exact) mass is 485 g/mol. The Morgan fingerprint density at radius 3 is 2.53 bits per heavy atom. The summed E-state index contributed by atoms with van der Waals surface area (Å²) in [5.41, 5.74) is -0.234. The molecule has 0 bridgehead atoms. The number of anilines is 1. The zero-order chi connectivity index (χ0) is 25.3. The number of carbonyl (C=O) groups is 1. The van der Waals surface area contributed by atoms with Gasteiger partial charge in [0.25, 0.3) is 0 Å². The summed E-state index contributed by atoms with van der Waals surface area (Å²) < 4.78 is 66.5. The van der Waals surface area contributed by atoms with Crippen LogP contribution in [0.4, 0.5) is 28.2 Å². The van der Waals surface area contributed by atoms with Crippen molar-refractivity contribution in [3.8, 4) is 5.75 Å². The van der Waals surface area contributed by atoms with Crippen LogP contribution in [-0.4, -0.2) is 46.8 Å². The molecule has 0 aliphatic carbocycles. The Kier molecular flexibility index (Phi) is 7.35. The number of amides is 1. The average Bonchev–Trinajstić information content (AvgIpc) is 3.07. The number of rotatable bonds is 7. The van der Waals surface area contributed by atoms with Gasteiger partial charge < -0.3 is 14.2 Å². The van der Waals surface area contributed by atoms with Crippen LogP contribution in [0.15, 0.2) is 30.5 Å². The summed E-state index contributed by atoms with van der Waals surface area (Å²) >= 11 is 0. The van der Waals surface area contributed by atoms with Crippen molar-refractivity contribution >= 4 is 11.9 Å². The lowest BCUT2D eigenvalue weighted by atomic mass is 9.96. The number of alkyl halides is 3. The minimum Gasteiger partial charge on any atom is -0.447 e. The van der Waals surface area contributed by atoms with Gasteiger partial charge in [0.2, 0.25) is 0 Å². The zero-order valence-electron chi connectivity index (χ0n) is 19.5. The van der Waals surface area contributed by atoms with Gasteiger partial charge >= 0.3 is 12.5 Å². The summed E-state index contributed by atoms with van der Waals surface area (Å²) in [6, 6.07) is 4.16. The molecule has 186 valence electrons. The number of cyclic esters (lactones) is 1. The van der Waals surface area contributed by atoms with Crippen molar-refractivity contribution < 1.29 is 36.6 Å². The summed E-state index contributed by atoms with van der Waals surface area (Å²) in [7, 11) is 0. The van der Waals surface area contributed by atoms with Gasteiger partial charge in [0.1, 0.15) is 35.9 Å². The molecule has 1 aromatic carbocycles. The first-order valence-electron chi connectivity index (χ1n) is 10.7. The molecular formula is C23H27F4N3O4. The highest BCUT2D eigenvalue weighted by Gasteiger charge is 2.40. The number of ether oxygens (including phenoxy) is 3. The van der Waals surface area contributed by atoms with Crippen LogP contribution < -0.4 is 9.64 Å². The molecule has 11 heteroatoms. The van der Waals surface area contributed by atoms with Crippen LogP contribution in [0.3, 0.4) is 0 Å². The second kappa shape index (κ2) is 9.73. The largest absolute Gasteiger partial charge is 0.573 e. The molecule has 2 heterocycles. The van der Waals surface area contributed by atoms with Crippen LogP contribution in [0.2, 0.25) is 0 Å². The number of benzene rings is 1. The molecule has 0 unspecified atom stereocenters. The second-order valence-corrected chi connectivity index (χ2v) is 9.12. The van der Waals surface area contributed by atoms with Gasteiger partial charge in [0.05, 0.1) is 11.7 Å². The highest BCUT2D eigenvalue weighted by atomic mass is 19.4. The molecular weight excluding hydrogens is 458 g/mol. The number of nitrogens with zero attached hydrogens (tertiary/aromatic N) is 3. The zero-order valence-corrected chi connectivity index (χ0v) is 19.5. The van der Waals surface area contributed by atoms with E-state index in [9.17, 15) is 22.4 Å². The van der Waals surface area contributed by atoms with Crippen LogP contribution in [0.25, 0.3) is 0 Å². The van der Waals surface area contributed by atoms with Gasteiger partial charge in [-0.3, -0.25) is 4.90 Å². The Morgan fingerprint density at radius 2 is 1.91 bits per heavy atom. The van der Waals surface area contributed by atoms with E-state index in [0.29, 0.717) is 17.7 Å². The fourth-order valence-corrected chi connectivity index (χ4v) is 3.79. The molecule has 1 aliphatic heterocycles. The highest BCUT2D eigenvalue weighted by molar-refractivity contribution is 5.89. The van der Waals surface area contributed by atoms with Crippen LogP contribution in [0.5, 0.6) is 5.75 Å². The van der Waals surface area contributed by atoms with E-state index in [1.807, 2.05) is 27.7 Å². The molecule has 1 aliphatic rings. The summed E-state index contributed by atoms with van der Waals surface area (Å²) in [5.74, 6) is -1.27. The predicted octanol–water partition coefficient (Wildman–Crippen LogP) is 5.39. The lowest BCUT2D eigenvalue weighted by Crippen LogP contribution is -2.45. The molecule has 0 saturated carbocycles. The van der Waals surface area contributed by atoms with Gasteiger partial charge in [-0.05, 0) is 51.3 Å². The molecule has 7 nitrogen and oxygen atoms in total. The van der Waals surface area contributed by atoms with Crippen molar-refractivity contribution in [2.24, 2.45) is 0 Å². The molecule has 1 amide bonds. The van der Waals surface area contributed by atoms with E-state index < -0.39 is 41.6 Å². The molecule has 2 aromatic rings. The van der Waals surface area contributed by atoms with Gasteiger partial charge in [0, 0.05) is 18.7 Å². The third-order valence-corrected chi connectivity index (χ3v) is 5.15. The SMILES string of the molecule is C[C@H](Cc1nccc(N2C(=O)OC[C@@H]2[C@@H](C)OC(C)(C)C)n1)c1ccc(OC(F)(F)F)cc1F. The van der Waals surface area contributed by atoms with Gasteiger partial charge in [-0.2, -0.15) is 0 Å². The Hall–Kier alpha value is -2.95. The first kappa shape index (κ1) is 25.7. The summed E-state index contributed by atoms with van der Waals surface area (Å²) in [4.78, 5) is 22.5. The first-order valence-corrected chi connectivity index (χ1v) is 10.7. The van der Waals surface area contributed by atoms with Gasteiger partial charge in [-0.15, -0.1) is 13.2 Å². The van der Waals surface area contributed by atoms with E-state index in [1.54, 1.807) is 13.0 Å². The maximum Gasteiger partial charge on any atom is 0.573 e. The average molecular weight is 485 g/mol. The molecule has 0 spiro atoms. The Labute approximate surface area is 195 Å². The summed E-state index contributed by atoms with van der Waals surface area (Å²) in [6.45, 7) is 9.43. The van der Waals surface area contributed by atoms with Crippen molar-refractivity contribution in [2.45, 2.75) is 71.1 Å². The van der Waals surface area contributed by atoms with E-state index in [2.05, 4.69) is 14.7 Å². The van der Waals surface area contributed by atoms with E-state index in [4.69, 9.17) is 9.47 Å². The quantitative estimate of drug-likeness (QED) is 0.490. The number of halogens is 4. The number of hydrogen-bond acceptors (Lipinski definition) is 6. The van der Waals surface area contributed by atoms with E-state index in [-0.39, 0.29) is 24.7 Å². The molecule has 1 aromatic heterocycles. The van der Waals surface area contributed by atoms with Gasteiger partial charge in [-0.1, -0.05) is 13.0 Å². The molecule has 3 rings (SSSR count). The van der Waals surface area contributed by atoms with E-state index >= 15 is 0 Å². The molecule has 1 saturated heterocycles. The highest BCUT2D eigenvalue weighted by Crippen LogP contribution is 2.30. The summed E-state index contributed by atoms with van der Waals surface area (Å²) in [5, 5.41) is 0. The molecule has 0 N–H and O–H groups in total. The minimum atomic E-state index is -4.90. The maximum atomic E-state index is 14.5. The molecule has 3 atom stereocenters. The van der Waals surface area contributed by atoms with Gasteiger partial charge in [-0.25, -0.2) is 19.2 Å². The smallest absolute Gasteiger partial charge is 0.447 e. The first-order chi connectivity index (χ1) is 15.7. The molecule has 34 heavy (non-hydrogen) atoms. The number of aromatic nitrogens is 2. The predicted molar refractivity (Wildman–Crippen MR) is 115 cm³/mol. The molecule has 1 fully saturated rings. The van der Waals surface area contributed by atoms with Crippen molar-refractivity contribution in [3.05, 3.63) is 47.7 Å². The fraction of sp³-hybridized carbons (Fsp3) is 0.522. The second-order valence-electron chi connectivity index (χ2n) is 9.12. The van der Waals surface area contributed by atoms with E-state index in [0.717, 1.165) is 6.07 Å². The Bertz CT molecular complexity index is 1030. The minimum absolute atomic E-state index is 0.142. The van der Waals surface area contributed by atoms with Crippen molar-refractivity contribution in [3.63, 3.8) is 0 Å². The van der Waals surface area contributed by atoms with E-state index in [1.165, 1.54) is 17.2 Å². The van der Waals surface area contributed by atoms with Crippen LogP contribution in [0.1, 0.15) is 51.9 Å². The van der Waals surface area contributed by atoms with Crippen LogP contribution in [0, 0.1) is 5.82 Å². The van der Waals surface area contributed by atoms with Crippen molar-refractivity contribution in [1.82, 2.24) is 9.97 Å². The Morgan fingerprint density at radius 1 is 1.21 bits per heavy atom. The normalized spacial score (nSPS) is 18.6. The van der Waals surface area contributed by atoms with Crippen molar-refractivity contribution in [1.29, 1.82) is 0 Å². The Balaban J connectivity index is 1.77.